The predicted octanol–water partition coefficient (Wildman–Crippen LogP) is 0.880. The van der Waals surface area contributed by atoms with E-state index in [4.69, 9.17) is 0 Å². The lowest BCUT2D eigenvalue weighted by Crippen LogP contribution is -2.41. The number of hydrogen-bond donors (Lipinski definition) is 0. The smallest absolute Gasteiger partial charge is 0.275 e. The summed E-state index contributed by atoms with van der Waals surface area (Å²) in [6.07, 6.45) is 6.31. The Morgan fingerprint density at radius 2 is 1.88 bits per heavy atom. The van der Waals surface area contributed by atoms with Crippen LogP contribution in [-0.2, 0) is 17.1 Å². The summed E-state index contributed by atoms with van der Waals surface area (Å²) in [5, 5.41) is 4.39. The lowest BCUT2D eigenvalue weighted by molar-refractivity contribution is 0.266. The Bertz CT molecular complexity index is 922. The third-order valence-corrected chi connectivity index (χ3v) is 6.87. The molecule has 0 spiro atoms. The Kier molecular flexibility index (Phi) is 3.99. The molecular formula is C16H21N5O3S. The molecule has 1 aliphatic heterocycles. The second-order valence-electron chi connectivity index (χ2n) is 6.73. The zero-order chi connectivity index (χ0) is 17.6. The minimum Gasteiger partial charge on any atom is -0.275 e. The molecule has 0 bridgehead atoms. The van der Waals surface area contributed by atoms with Crippen LogP contribution in [0.2, 0.25) is 0 Å². The average molecular weight is 363 g/mol. The Balaban J connectivity index is 1.54. The molecule has 2 fully saturated rings. The van der Waals surface area contributed by atoms with Gasteiger partial charge < -0.3 is 0 Å². The van der Waals surface area contributed by atoms with E-state index in [1.807, 2.05) is 0 Å². The van der Waals surface area contributed by atoms with Crippen molar-refractivity contribution in [3.63, 3.8) is 0 Å². The Morgan fingerprint density at radius 3 is 2.48 bits per heavy atom. The van der Waals surface area contributed by atoms with Gasteiger partial charge in [0.1, 0.15) is 10.7 Å². The van der Waals surface area contributed by atoms with E-state index in [0.717, 1.165) is 18.7 Å². The van der Waals surface area contributed by atoms with E-state index >= 15 is 0 Å². The second-order valence-corrected chi connectivity index (χ2v) is 8.67. The summed E-state index contributed by atoms with van der Waals surface area (Å²) < 4.78 is 30.1. The van der Waals surface area contributed by atoms with Crippen LogP contribution in [0.25, 0.3) is 0 Å². The van der Waals surface area contributed by atoms with Crippen LogP contribution >= 0.6 is 0 Å². The highest BCUT2D eigenvalue weighted by molar-refractivity contribution is 7.89. The van der Waals surface area contributed by atoms with Gasteiger partial charge in [-0.1, -0.05) is 0 Å². The van der Waals surface area contributed by atoms with Crippen molar-refractivity contribution in [1.29, 1.82) is 0 Å². The highest BCUT2D eigenvalue weighted by Crippen LogP contribution is 2.40. The van der Waals surface area contributed by atoms with Crippen LogP contribution in [0.4, 0.5) is 0 Å². The lowest BCUT2D eigenvalue weighted by atomic mass is 10.1. The molecule has 1 saturated carbocycles. The first-order valence-electron chi connectivity index (χ1n) is 8.54. The van der Waals surface area contributed by atoms with Gasteiger partial charge in [0, 0.05) is 44.5 Å². The van der Waals surface area contributed by atoms with Gasteiger partial charge in [-0.05, 0) is 37.8 Å². The summed E-state index contributed by atoms with van der Waals surface area (Å²) in [6.45, 7) is 0.792. The fourth-order valence-corrected chi connectivity index (χ4v) is 4.89. The Labute approximate surface area is 146 Å². The van der Waals surface area contributed by atoms with Gasteiger partial charge in [0.25, 0.3) is 0 Å². The fraction of sp³-hybridized carbons (Fsp3) is 0.562. The molecule has 25 heavy (non-hydrogen) atoms. The molecule has 0 amide bonds. The summed E-state index contributed by atoms with van der Waals surface area (Å²) in [4.78, 5) is 16.6. The van der Waals surface area contributed by atoms with E-state index in [2.05, 4.69) is 10.1 Å². The molecule has 134 valence electrons. The van der Waals surface area contributed by atoms with Crippen molar-refractivity contribution in [1.82, 2.24) is 23.6 Å². The van der Waals surface area contributed by atoms with Crippen LogP contribution in [0, 0.1) is 0 Å². The fourth-order valence-electron chi connectivity index (χ4n) is 3.45. The van der Waals surface area contributed by atoms with Gasteiger partial charge in [-0.2, -0.15) is 9.40 Å². The van der Waals surface area contributed by atoms with Crippen LogP contribution in [0.5, 0.6) is 0 Å². The molecular weight excluding hydrogens is 342 g/mol. The van der Waals surface area contributed by atoms with Crippen molar-refractivity contribution >= 4 is 10.0 Å². The van der Waals surface area contributed by atoms with Crippen molar-refractivity contribution in [2.75, 3.05) is 13.1 Å². The largest absolute Gasteiger partial charge is 0.345 e. The second kappa shape index (κ2) is 6.06. The van der Waals surface area contributed by atoms with Gasteiger partial charge in [-0.25, -0.2) is 17.9 Å². The van der Waals surface area contributed by atoms with Crippen molar-refractivity contribution in [3.05, 3.63) is 40.8 Å². The van der Waals surface area contributed by atoms with Crippen LogP contribution in [0.3, 0.4) is 0 Å². The summed E-state index contributed by atoms with van der Waals surface area (Å²) in [5.74, 6) is 1.24. The van der Waals surface area contributed by atoms with Crippen molar-refractivity contribution in [2.24, 2.45) is 7.05 Å². The average Bonchev–Trinajstić information content (AvgIpc) is 3.43. The van der Waals surface area contributed by atoms with Crippen LogP contribution < -0.4 is 5.69 Å². The molecule has 3 heterocycles. The highest BCUT2D eigenvalue weighted by atomic mass is 32.2. The number of hydrogen-bond acceptors (Lipinski definition) is 5. The molecule has 0 aromatic carbocycles. The topological polar surface area (TPSA) is 90.1 Å². The summed E-state index contributed by atoms with van der Waals surface area (Å²) >= 11 is 0. The molecule has 2 aliphatic rings. The number of aryl methyl sites for hydroxylation is 1. The number of nitrogens with zero attached hydrogens (tertiary/aromatic N) is 5. The maximum Gasteiger partial charge on any atom is 0.345 e. The maximum absolute atomic E-state index is 12.7. The monoisotopic (exact) mass is 363 g/mol. The number of piperidine rings is 1. The summed E-state index contributed by atoms with van der Waals surface area (Å²) in [7, 11) is -1.85. The highest BCUT2D eigenvalue weighted by Gasteiger charge is 2.36. The van der Waals surface area contributed by atoms with Gasteiger partial charge in [-0.3, -0.25) is 9.55 Å². The van der Waals surface area contributed by atoms with Crippen LogP contribution in [0.15, 0.2) is 34.2 Å². The predicted molar refractivity (Wildman–Crippen MR) is 90.7 cm³/mol. The van der Waals surface area contributed by atoms with E-state index < -0.39 is 10.0 Å². The first-order valence-corrected chi connectivity index (χ1v) is 9.98. The summed E-state index contributed by atoms with van der Waals surface area (Å²) in [5.41, 5.74) is -0.101. The number of aromatic nitrogens is 4. The van der Waals surface area contributed by atoms with Gasteiger partial charge in [0.15, 0.2) is 0 Å². The van der Waals surface area contributed by atoms with E-state index in [1.54, 1.807) is 29.9 Å². The van der Waals surface area contributed by atoms with E-state index in [0.29, 0.717) is 31.8 Å². The van der Waals surface area contributed by atoms with Gasteiger partial charge in [0.05, 0.1) is 0 Å². The molecule has 0 radical (unpaired) electrons. The molecule has 1 aliphatic carbocycles. The van der Waals surface area contributed by atoms with Crippen molar-refractivity contribution < 1.29 is 8.42 Å². The first kappa shape index (κ1) is 16.5. The van der Waals surface area contributed by atoms with Crippen LogP contribution in [0.1, 0.15) is 43.5 Å². The Morgan fingerprint density at radius 1 is 1.16 bits per heavy atom. The zero-order valence-corrected chi connectivity index (χ0v) is 14.9. The SMILES string of the molecule is Cn1nc(C2CC2)n(C2CCN(S(=O)(=O)c3cccnc3)CC2)c1=O. The standard InChI is InChI=1S/C16H21N5O3S/c1-19-16(22)21(15(18-19)12-4-5-12)13-6-9-20(10-7-13)25(23,24)14-3-2-8-17-11-14/h2-3,8,11-13H,4-7,9-10H2,1H3. The van der Waals surface area contributed by atoms with Crippen molar-refractivity contribution in [2.45, 2.75) is 42.5 Å². The third kappa shape index (κ3) is 2.91. The molecule has 4 rings (SSSR count). The first-order chi connectivity index (χ1) is 12.0. The minimum atomic E-state index is -3.52. The maximum atomic E-state index is 12.7. The molecule has 8 nitrogen and oxygen atoms in total. The van der Waals surface area contributed by atoms with Gasteiger partial charge >= 0.3 is 5.69 Å². The quantitative estimate of drug-likeness (QED) is 0.804. The molecule has 0 unspecified atom stereocenters. The molecule has 2 aromatic rings. The third-order valence-electron chi connectivity index (χ3n) is 4.99. The zero-order valence-electron chi connectivity index (χ0n) is 14.1. The molecule has 2 aromatic heterocycles. The number of sulfonamides is 1. The minimum absolute atomic E-state index is 0.0112. The molecule has 0 atom stereocenters. The van der Waals surface area contributed by atoms with Gasteiger partial charge in [-0.15, -0.1) is 0 Å². The lowest BCUT2D eigenvalue weighted by Gasteiger charge is -2.31. The van der Waals surface area contributed by atoms with Crippen LogP contribution in [-0.4, -0.2) is 45.1 Å². The molecule has 9 heteroatoms. The van der Waals surface area contributed by atoms with E-state index in [1.165, 1.54) is 15.2 Å². The molecule has 0 N–H and O–H groups in total. The van der Waals surface area contributed by atoms with E-state index in [9.17, 15) is 13.2 Å². The number of pyridine rings is 1. The van der Waals surface area contributed by atoms with E-state index in [-0.39, 0.29) is 16.6 Å². The molecule has 1 saturated heterocycles. The Hall–Kier alpha value is -2.00. The normalized spacial score (nSPS) is 20.0. The van der Waals surface area contributed by atoms with Crippen molar-refractivity contribution in [3.8, 4) is 0 Å². The van der Waals surface area contributed by atoms with Gasteiger partial charge in [0.2, 0.25) is 10.0 Å². The summed E-state index contributed by atoms with van der Waals surface area (Å²) in [6, 6.07) is 3.19. The number of rotatable bonds is 4.